The molecule has 0 atom stereocenters. The first-order valence-electron chi connectivity index (χ1n) is 9.18. The van der Waals surface area contributed by atoms with Crippen LogP contribution in [0.2, 0.25) is 5.02 Å². The number of carbonyl (C=O) groups is 2. The van der Waals surface area contributed by atoms with Crippen LogP contribution >= 0.6 is 11.6 Å². The predicted octanol–water partition coefficient (Wildman–Crippen LogP) is 3.28. The minimum absolute atomic E-state index is 0.223. The van der Waals surface area contributed by atoms with Gasteiger partial charge in [0.05, 0.1) is 30.0 Å². The van der Waals surface area contributed by atoms with E-state index in [1.807, 2.05) is 17.6 Å². The van der Waals surface area contributed by atoms with Crippen LogP contribution in [0.25, 0.3) is 0 Å². The molecule has 7 nitrogen and oxygen atoms in total. The Labute approximate surface area is 180 Å². The van der Waals surface area contributed by atoms with E-state index in [1.54, 1.807) is 12.1 Å². The maximum absolute atomic E-state index is 12.9. The Balaban J connectivity index is 1.54. The first-order valence-corrected chi connectivity index (χ1v) is 9.56. The van der Waals surface area contributed by atoms with Crippen LogP contribution in [-0.4, -0.2) is 44.3 Å². The number of halogens is 4. The number of hydrogen-bond donors (Lipinski definition) is 2. The van der Waals surface area contributed by atoms with Crippen molar-refractivity contribution < 1.29 is 27.5 Å². The summed E-state index contributed by atoms with van der Waals surface area (Å²) in [6.45, 7) is 2.95. The van der Waals surface area contributed by atoms with E-state index in [9.17, 15) is 22.8 Å². The van der Waals surface area contributed by atoms with Gasteiger partial charge in [0.15, 0.2) is 0 Å². The zero-order chi connectivity index (χ0) is 22.4. The average Bonchev–Trinajstić information content (AvgIpc) is 2.75. The standard InChI is InChI=1S/C20H18ClF3N4O3/c21-17-6-3-14(11-16(17)20(22,23)24)26-18(29)19(30)27-25-12-13-1-4-15(5-2-13)28-7-9-31-10-8-28/h1-6,11-12H,7-10H2,(H,26,29)(H,27,30)/b25-12+. The van der Waals surface area contributed by atoms with Crippen molar-refractivity contribution in [2.24, 2.45) is 5.10 Å². The molecule has 0 bridgehead atoms. The van der Waals surface area contributed by atoms with E-state index < -0.39 is 28.6 Å². The molecule has 3 rings (SSSR count). The van der Waals surface area contributed by atoms with Crippen LogP contribution in [-0.2, 0) is 20.5 Å². The minimum Gasteiger partial charge on any atom is -0.378 e. The van der Waals surface area contributed by atoms with Crippen LogP contribution in [0.5, 0.6) is 0 Å². The van der Waals surface area contributed by atoms with E-state index in [-0.39, 0.29) is 5.69 Å². The van der Waals surface area contributed by atoms with Gasteiger partial charge in [-0.3, -0.25) is 9.59 Å². The van der Waals surface area contributed by atoms with Crippen molar-refractivity contribution in [3.63, 3.8) is 0 Å². The first kappa shape index (κ1) is 22.6. The van der Waals surface area contributed by atoms with Gasteiger partial charge in [0, 0.05) is 24.5 Å². The molecular weight excluding hydrogens is 437 g/mol. The Kier molecular flexibility index (Phi) is 7.13. The Morgan fingerprint density at radius 3 is 2.39 bits per heavy atom. The monoisotopic (exact) mass is 454 g/mol. The molecule has 1 heterocycles. The summed E-state index contributed by atoms with van der Waals surface area (Å²) in [6, 6.07) is 10.2. The van der Waals surface area contributed by atoms with E-state index in [4.69, 9.17) is 16.3 Å². The number of nitrogens with zero attached hydrogens (tertiary/aromatic N) is 2. The molecule has 0 saturated carbocycles. The molecule has 1 saturated heterocycles. The highest BCUT2D eigenvalue weighted by atomic mass is 35.5. The highest BCUT2D eigenvalue weighted by Crippen LogP contribution is 2.36. The van der Waals surface area contributed by atoms with E-state index in [1.165, 1.54) is 6.21 Å². The summed E-state index contributed by atoms with van der Waals surface area (Å²) in [7, 11) is 0. The fraction of sp³-hybridized carbons (Fsp3) is 0.250. The van der Waals surface area contributed by atoms with Crippen molar-refractivity contribution in [3.8, 4) is 0 Å². The van der Waals surface area contributed by atoms with E-state index in [0.29, 0.717) is 24.8 Å². The normalized spacial score (nSPS) is 14.5. The number of hydrazone groups is 1. The number of ether oxygens (including phenoxy) is 1. The van der Waals surface area contributed by atoms with Gasteiger partial charge in [0.25, 0.3) is 0 Å². The lowest BCUT2D eigenvalue weighted by atomic mass is 10.2. The zero-order valence-electron chi connectivity index (χ0n) is 16.1. The molecule has 2 N–H and O–H groups in total. The summed E-state index contributed by atoms with van der Waals surface area (Å²) in [6.07, 6.45) is -3.35. The molecule has 0 spiro atoms. The van der Waals surface area contributed by atoms with E-state index >= 15 is 0 Å². The molecule has 11 heteroatoms. The summed E-state index contributed by atoms with van der Waals surface area (Å²) < 4.78 is 43.9. The maximum Gasteiger partial charge on any atom is 0.417 e. The molecule has 2 amide bonds. The Bertz CT molecular complexity index is 975. The molecule has 2 aromatic rings. The van der Waals surface area contributed by atoms with Gasteiger partial charge in [-0.25, -0.2) is 5.43 Å². The molecule has 0 aliphatic carbocycles. The molecule has 1 aliphatic heterocycles. The number of anilines is 2. The molecule has 31 heavy (non-hydrogen) atoms. The van der Waals surface area contributed by atoms with Gasteiger partial charge < -0.3 is 15.0 Å². The Morgan fingerprint density at radius 2 is 1.74 bits per heavy atom. The van der Waals surface area contributed by atoms with Gasteiger partial charge in [-0.2, -0.15) is 18.3 Å². The molecule has 1 aliphatic rings. The van der Waals surface area contributed by atoms with Crippen LogP contribution in [0.15, 0.2) is 47.6 Å². The van der Waals surface area contributed by atoms with E-state index in [0.717, 1.165) is 30.9 Å². The number of benzene rings is 2. The second kappa shape index (κ2) is 9.80. The largest absolute Gasteiger partial charge is 0.417 e. The molecular formula is C20H18ClF3N4O3. The van der Waals surface area contributed by atoms with Crippen molar-refractivity contribution in [2.75, 3.05) is 36.5 Å². The van der Waals surface area contributed by atoms with Gasteiger partial charge in [-0.15, -0.1) is 0 Å². The number of morpholine rings is 1. The Hall–Kier alpha value is -3.11. The summed E-state index contributed by atoms with van der Waals surface area (Å²) in [5, 5.41) is 5.26. The summed E-state index contributed by atoms with van der Waals surface area (Å²) >= 11 is 5.52. The van der Waals surface area contributed by atoms with Gasteiger partial charge in [0.1, 0.15) is 0 Å². The lowest BCUT2D eigenvalue weighted by Gasteiger charge is -2.28. The summed E-state index contributed by atoms with van der Waals surface area (Å²) in [5.41, 5.74) is 2.40. The molecule has 0 unspecified atom stereocenters. The van der Waals surface area contributed by atoms with Crippen LogP contribution in [0.4, 0.5) is 24.5 Å². The topological polar surface area (TPSA) is 83.0 Å². The lowest BCUT2D eigenvalue weighted by molar-refractivity contribution is -0.137. The fourth-order valence-corrected chi connectivity index (χ4v) is 3.04. The minimum atomic E-state index is -4.69. The van der Waals surface area contributed by atoms with Gasteiger partial charge in [0.2, 0.25) is 0 Å². The third-order valence-corrected chi connectivity index (χ3v) is 4.71. The van der Waals surface area contributed by atoms with Crippen LogP contribution < -0.4 is 15.6 Å². The van der Waals surface area contributed by atoms with Crippen molar-refractivity contribution in [2.45, 2.75) is 6.18 Å². The zero-order valence-corrected chi connectivity index (χ0v) is 16.8. The maximum atomic E-state index is 12.9. The fourth-order valence-electron chi connectivity index (χ4n) is 2.82. The number of amides is 2. The van der Waals surface area contributed by atoms with Crippen molar-refractivity contribution in [1.82, 2.24) is 5.43 Å². The number of hydrogen-bond acceptors (Lipinski definition) is 5. The third-order valence-electron chi connectivity index (χ3n) is 4.38. The van der Waals surface area contributed by atoms with Crippen LogP contribution in [0, 0.1) is 0 Å². The highest BCUT2D eigenvalue weighted by Gasteiger charge is 2.33. The quantitative estimate of drug-likeness (QED) is 0.422. The highest BCUT2D eigenvalue weighted by molar-refractivity contribution is 6.39. The lowest BCUT2D eigenvalue weighted by Crippen LogP contribution is -2.36. The smallest absolute Gasteiger partial charge is 0.378 e. The van der Waals surface area contributed by atoms with Gasteiger partial charge >= 0.3 is 18.0 Å². The van der Waals surface area contributed by atoms with Crippen molar-refractivity contribution >= 4 is 41.0 Å². The van der Waals surface area contributed by atoms with Crippen molar-refractivity contribution in [1.29, 1.82) is 0 Å². The van der Waals surface area contributed by atoms with Crippen LogP contribution in [0.3, 0.4) is 0 Å². The molecule has 1 fully saturated rings. The number of carbonyl (C=O) groups excluding carboxylic acids is 2. The second-order valence-corrected chi connectivity index (χ2v) is 6.94. The van der Waals surface area contributed by atoms with Crippen molar-refractivity contribution in [3.05, 3.63) is 58.6 Å². The molecule has 0 radical (unpaired) electrons. The summed E-state index contributed by atoms with van der Waals surface area (Å²) in [4.78, 5) is 25.9. The van der Waals surface area contributed by atoms with Gasteiger partial charge in [-0.1, -0.05) is 23.7 Å². The second-order valence-electron chi connectivity index (χ2n) is 6.54. The average molecular weight is 455 g/mol. The SMILES string of the molecule is O=C(N/N=C/c1ccc(N2CCOCC2)cc1)C(=O)Nc1ccc(Cl)c(C(F)(F)F)c1. The Morgan fingerprint density at radius 1 is 1.06 bits per heavy atom. The molecule has 0 aromatic heterocycles. The van der Waals surface area contributed by atoms with Gasteiger partial charge in [-0.05, 0) is 35.9 Å². The number of alkyl halides is 3. The number of rotatable bonds is 4. The first-order chi connectivity index (χ1) is 14.7. The van der Waals surface area contributed by atoms with E-state index in [2.05, 4.69) is 15.3 Å². The predicted molar refractivity (Wildman–Crippen MR) is 110 cm³/mol. The molecule has 164 valence electrons. The number of nitrogens with one attached hydrogen (secondary N) is 2. The third kappa shape index (κ3) is 6.19. The molecule has 2 aromatic carbocycles. The summed E-state index contributed by atoms with van der Waals surface area (Å²) in [5.74, 6) is -2.31. The van der Waals surface area contributed by atoms with Crippen LogP contribution in [0.1, 0.15) is 11.1 Å².